The second kappa shape index (κ2) is 9.98. The number of rotatable bonds is 4. The summed E-state index contributed by atoms with van der Waals surface area (Å²) in [6, 6.07) is 4.85. The van der Waals surface area contributed by atoms with Gasteiger partial charge in [0.15, 0.2) is 5.82 Å². The number of hydrogen-bond donors (Lipinski definition) is 0. The Bertz CT molecular complexity index is 1300. The number of amides is 1. The molecule has 1 amide bonds. The largest absolute Gasteiger partial charge is 0.460 e. The molecule has 0 unspecified atom stereocenters. The number of Topliss-reactive ketones (excluding diaryl/α,β-unsaturated/α-hetero) is 1. The van der Waals surface area contributed by atoms with E-state index in [0.29, 0.717) is 12.1 Å². The maximum Gasteiger partial charge on any atom is 0.415 e. The molecule has 3 atom stereocenters. The first-order valence-corrected chi connectivity index (χ1v) is 13.7. The van der Waals surface area contributed by atoms with E-state index in [4.69, 9.17) is 9.47 Å². The summed E-state index contributed by atoms with van der Waals surface area (Å²) in [7, 11) is 0. The van der Waals surface area contributed by atoms with Crippen molar-refractivity contribution in [1.82, 2.24) is 9.55 Å². The normalized spacial score (nSPS) is 21.1. The van der Waals surface area contributed by atoms with Crippen molar-refractivity contribution >= 4 is 45.0 Å². The third-order valence-corrected chi connectivity index (χ3v) is 7.04. The summed E-state index contributed by atoms with van der Waals surface area (Å²) in [5, 5.41) is 0. The lowest BCUT2D eigenvalue weighted by Crippen LogP contribution is -2.52. The number of aromatic nitrogens is 2. The number of anilines is 1. The van der Waals surface area contributed by atoms with Crippen LogP contribution in [0.15, 0.2) is 41.1 Å². The number of carbonyl (C=O) groups is 3. The molecular formula is C29H36BrN3O5. The molecular weight excluding hydrogens is 550 g/mol. The van der Waals surface area contributed by atoms with Crippen LogP contribution in [0, 0.1) is 11.8 Å². The van der Waals surface area contributed by atoms with Crippen molar-refractivity contribution < 1.29 is 23.9 Å². The quantitative estimate of drug-likeness (QED) is 0.297. The van der Waals surface area contributed by atoms with E-state index >= 15 is 0 Å². The lowest BCUT2D eigenvalue weighted by Gasteiger charge is -2.39. The van der Waals surface area contributed by atoms with Gasteiger partial charge in [0, 0.05) is 34.4 Å². The minimum Gasteiger partial charge on any atom is -0.460 e. The smallest absolute Gasteiger partial charge is 0.415 e. The van der Waals surface area contributed by atoms with Gasteiger partial charge in [0.2, 0.25) is 5.78 Å². The number of benzene rings is 1. The topological polar surface area (TPSA) is 90.7 Å². The molecule has 2 aromatic rings. The summed E-state index contributed by atoms with van der Waals surface area (Å²) in [4.78, 5) is 47.5. The van der Waals surface area contributed by atoms with Gasteiger partial charge in [-0.3, -0.25) is 14.5 Å². The Morgan fingerprint density at radius 1 is 1.05 bits per heavy atom. The zero-order valence-electron chi connectivity index (χ0n) is 23.2. The first-order chi connectivity index (χ1) is 17.6. The first-order valence-electron chi connectivity index (χ1n) is 12.9. The lowest BCUT2D eigenvalue weighted by molar-refractivity contribution is -0.161. The Morgan fingerprint density at radius 3 is 2.32 bits per heavy atom. The van der Waals surface area contributed by atoms with E-state index in [1.807, 2.05) is 38.1 Å². The van der Waals surface area contributed by atoms with Gasteiger partial charge in [-0.1, -0.05) is 22.0 Å². The molecule has 2 aliphatic rings. The van der Waals surface area contributed by atoms with Crippen LogP contribution >= 0.6 is 15.9 Å². The van der Waals surface area contributed by atoms with E-state index in [0.717, 1.165) is 15.6 Å². The Kier molecular flexibility index (Phi) is 7.38. The Balaban J connectivity index is 1.88. The van der Waals surface area contributed by atoms with E-state index in [-0.39, 0.29) is 17.6 Å². The molecule has 1 aromatic carbocycles. The molecule has 2 heterocycles. The fourth-order valence-corrected chi connectivity index (χ4v) is 5.51. The number of hydrogen-bond acceptors (Lipinski definition) is 6. The highest BCUT2D eigenvalue weighted by Gasteiger charge is 2.54. The van der Waals surface area contributed by atoms with Crippen molar-refractivity contribution in [1.29, 1.82) is 0 Å². The van der Waals surface area contributed by atoms with Crippen LogP contribution in [0.2, 0.25) is 0 Å². The lowest BCUT2D eigenvalue weighted by atomic mass is 9.73. The van der Waals surface area contributed by atoms with Gasteiger partial charge in [-0.05, 0) is 85.6 Å². The Labute approximate surface area is 232 Å². The number of ether oxygens (including phenoxy) is 2. The fourth-order valence-electron chi connectivity index (χ4n) is 5.15. The second-order valence-corrected chi connectivity index (χ2v) is 13.0. The molecule has 204 valence electrons. The van der Waals surface area contributed by atoms with Gasteiger partial charge in [-0.15, -0.1) is 0 Å². The molecule has 0 spiro atoms. The number of carbonyl (C=O) groups excluding carboxylic acids is 3. The zero-order chi connectivity index (χ0) is 28.2. The highest BCUT2D eigenvalue weighted by atomic mass is 79.9. The van der Waals surface area contributed by atoms with Crippen molar-refractivity contribution in [2.75, 3.05) is 4.90 Å². The molecule has 0 fully saturated rings. The molecule has 9 heteroatoms. The number of fused-ring (bicyclic) bond motifs is 3. The number of halogens is 1. The van der Waals surface area contributed by atoms with Gasteiger partial charge in [-0.25, -0.2) is 9.78 Å². The highest BCUT2D eigenvalue weighted by molar-refractivity contribution is 9.10. The predicted octanol–water partition coefficient (Wildman–Crippen LogP) is 6.59. The number of allylic oxidation sites excluding steroid dienone is 1. The Hall–Kier alpha value is -2.94. The molecule has 8 nitrogen and oxygen atoms in total. The van der Waals surface area contributed by atoms with E-state index in [1.165, 1.54) is 4.90 Å². The predicted molar refractivity (Wildman–Crippen MR) is 149 cm³/mol. The number of esters is 1. The molecule has 38 heavy (non-hydrogen) atoms. The molecule has 1 aromatic heterocycles. The summed E-state index contributed by atoms with van der Waals surface area (Å²) in [5.74, 6) is -2.23. The summed E-state index contributed by atoms with van der Waals surface area (Å²) < 4.78 is 14.3. The van der Waals surface area contributed by atoms with Crippen LogP contribution in [-0.2, 0) is 14.3 Å². The van der Waals surface area contributed by atoms with Crippen LogP contribution in [0.4, 0.5) is 10.5 Å². The van der Waals surface area contributed by atoms with Gasteiger partial charge in [0.25, 0.3) is 0 Å². The van der Waals surface area contributed by atoms with Crippen molar-refractivity contribution in [3.63, 3.8) is 0 Å². The molecule has 0 radical (unpaired) electrons. The number of imidazole rings is 1. The number of ketones is 1. The molecule has 0 saturated carbocycles. The maximum atomic E-state index is 14.0. The third kappa shape index (κ3) is 5.44. The fraction of sp³-hybridized carbons (Fsp3) is 0.517. The van der Waals surface area contributed by atoms with Gasteiger partial charge < -0.3 is 14.0 Å². The van der Waals surface area contributed by atoms with Gasteiger partial charge in [0.05, 0.1) is 17.6 Å². The molecule has 0 bridgehead atoms. The van der Waals surface area contributed by atoms with Crippen molar-refractivity contribution in [2.24, 2.45) is 11.8 Å². The van der Waals surface area contributed by atoms with Gasteiger partial charge in [-0.2, -0.15) is 0 Å². The SMILES string of the molecule is CC(C)n1ccnc1C(=O)[C@@H]1CC=C2c3cc(Br)ccc3N(C(=O)OC(C)(C)C)[C@H]2[C@H]1C(=O)OC(C)(C)C. The summed E-state index contributed by atoms with van der Waals surface area (Å²) >= 11 is 3.54. The van der Waals surface area contributed by atoms with Crippen molar-refractivity contribution in [2.45, 2.75) is 85.1 Å². The minimum absolute atomic E-state index is 0.0115. The monoisotopic (exact) mass is 585 g/mol. The summed E-state index contributed by atoms with van der Waals surface area (Å²) in [6.45, 7) is 14.7. The molecule has 4 rings (SSSR count). The van der Waals surface area contributed by atoms with Crippen LogP contribution in [0.3, 0.4) is 0 Å². The standard InChI is InChI=1S/C29H36BrN3O5/c1-16(2)32-14-13-31-25(32)24(34)19-11-10-18-20-15-17(30)9-12-21(20)33(27(36)38-29(6,7)8)23(18)22(19)26(35)37-28(3,4)5/h9-10,12-16,19,22-23H,11H2,1-8H3/t19-,22+,23-/m1/s1. The van der Waals surface area contributed by atoms with E-state index in [1.54, 1.807) is 58.5 Å². The minimum atomic E-state index is -0.960. The van der Waals surface area contributed by atoms with Gasteiger partial charge in [0.1, 0.15) is 11.2 Å². The Morgan fingerprint density at radius 2 is 1.71 bits per heavy atom. The highest BCUT2D eigenvalue weighted by Crippen LogP contribution is 2.50. The first kappa shape index (κ1) is 28.1. The average Bonchev–Trinajstić information content (AvgIpc) is 3.38. The van der Waals surface area contributed by atoms with Crippen LogP contribution in [-0.4, -0.2) is 44.6 Å². The van der Waals surface area contributed by atoms with Crippen molar-refractivity contribution in [3.8, 4) is 0 Å². The molecule has 0 N–H and O–H groups in total. The zero-order valence-corrected chi connectivity index (χ0v) is 24.8. The third-order valence-electron chi connectivity index (χ3n) is 6.54. The number of nitrogens with zero attached hydrogens (tertiary/aromatic N) is 3. The molecule has 0 saturated heterocycles. The van der Waals surface area contributed by atoms with E-state index in [2.05, 4.69) is 20.9 Å². The summed E-state index contributed by atoms with van der Waals surface area (Å²) in [6.07, 6.45) is 5.05. The van der Waals surface area contributed by atoms with Gasteiger partial charge >= 0.3 is 12.1 Å². The van der Waals surface area contributed by atoms with Crippen molar-refractivity contribution in [3.05, 3.63) is 52.5 Å². The van der Waals surface area contributed by atoms with Crippen LogP contribution in [0.1, 0.15) is 84.0 Å². The summed E-state index contributed by atoms with van der Waals surface area (Å²) in [5.41, 5.74) is 0.710. The average molecular weight is 587 g/mol. The van der Waals surface area contributed by atoms with E-state index < -0.39 is 41.1 Å². The molecule has 1 aliphatic carbocycles. The van der Waals surface area contributed by atoms with Crippen LogP contribution in [0.25, 0.3) is 5.57 Å². The molecule has 1 aliphatic heterocycles. The van der Waals surface area contributed by atoms with Crippen LogP contribution < -0.4 is 4.90 Å². The second-order valence-electron chi connectivity index (χ2n) is 12.1. The maximum absolute atomic E-state index is 14.0. The van der Waals surface area contributed by atoms with Crippen LogP contribution in [0.5, 0.6) is 0 Å². The van der Waals surface area contributed by atoms with E-state index in [9.17, 15) is 14.4 Å².